The predicted molar refractivity (Wildman–Crippen MR) is 90.1 cm³/mol. The number of carbonyl (C=O) groups is 1. The Balaban J connectivity index is 1.81. The molecule has 0 unspecified atom stereocenters. The molecule has 2 heterocycles. The third kappa shape index (κ3) is 6.39. The summed E-state index contributed by atoms with van der Waals surface area (Å²) in [6.07, 6.45) is 3.47. The molecule has 1 atom stereocenters. The van der Waals surface area contributed by atoms with Gasteiger partial charge in [-0.25, -0.2) is 8.42 Å². The number of carbonyl (C=O) groups excluding carboxylic acids is 1. The van der Waals surface area contributed by atoms with Crippen LogP contribution < -0.4 is 0 Å². The van der Waals surface area contributed by atoms with E-state index >= 15 is 0 Å². The molecule has 0 aromatic carbocycles. The average molecular weight is 346 g/mol. The van der Waals surface area contributed by atoms with Gasteiger partial charge in [0.15, 0.2) is 9.84 Å². The first-order valence-electron chi connectivity index (χ1n) is 8.68. The number of hydrogen-bond donors (Lipinski definition) is 0. The summed E-state index contributed by atoms with van der Waals surface area (Å²) >= 11 is 0. The molecule has 0 N–H and O–H groups in total. The molecule has 7 heteroatoms. The lowest BCUT2D eigenvalue weighted by atomic mass is 10.2. The van der Waals surface area contributed by atoms with E-state index in [4.69, 9.17) is 4.74 Å². The maximum absolute atomic E-state index is 12.3. The number of rotatable bonds is 6. The number of amides is 1. The molecular weight excluding hydrogens is 316 g/mol. The summed E-state index contributed by atoms with van der Waals surface area (Å²) in [5.74, 6) is -0.460. The standard InChI is InChI=1S/C16H30N2O4S/c1-14(2)12-23(20,21)13-16(19)18-7-4-6-17(8-9-18)11-15-5-3-10-22-15/h14-15H,3-13H2,1-2H3/t15-/m1/s1. The summed E-state index contributed by atoms with van der Waals surface area (Å²) < 4.78 is 29.7. The van der Waals surface area contributed by atoms with Crippen LogP contribution in [0.5, 0.6) is 0 Å². The first kappa shape index (κ1) is 18.7. The summed E-state index contributed by atoms with van der Waals surface area (Å²) in [5, 5.41) is 0. The fraction of sp³-hybridized carbons (Fsp3) is 0.938. The lowest BCUT2D eigenvalue weighted by Gasteiger charge is -2.24. The molecule has 2 rings (SSSR count). The van der Waals surface area contributed by atoms with Crippen molar-refractivity contribution in [3.8, 4) is 0 Å². The van der Waals surface area contributed by atoms with Crippen LogP contribution in [-0.2, 0) is 19.4 Å². The van der Waals surface area contributed by atoms with E-state index in [2.05, 4.69) is 4.90 Å². The Morgan fingerprint density at radius 2 is 1.96 bits per heavy atom. The Bertz CT molecular complexity index is 486. The molecule has 0 radical (unpaired) electrons. The minimum Gasteiger partial charge on any atom is -0.377 e. The number of ether oxygens (including phenoxy) is 1. The van der Waals surface area contributed by atoms with E-state index in [1.165, 1.54) is 0 Å². The zero-order valence-electron chi connectivity index (χ0n) is 14.4. The smallest absolute Gasteiger partial charge is 0.237 e. The molecule has 0 saturated carbocycles. The molecule has 2 aliphatic heterocycles. The van der Waals surface area contributed by atoms with Crippen molar-refractivity contribution < 1.29 is 17.9 Å². The zero-order valence-corrected chi connectivity index (χ0v) is 15.2. The molecule has 6 nitrogen and oxygen atoms in total. The van der Waals surface area contributed by atoms with E-state index in [1.54, 1.807) is 4.90 Å². The van der Waals surface area contributed by atoms with Crippen molar-refractivity contribution in [2.24, 2.45) is 5.92 Å². The van der Waals surface area contributed by atoms with Gasteiger partial charge in [-0.3, -0.25) is 9.69 Å². The van der Waals surface area contributed by atoms with E-state index in [1.807, 2.05) is 13.8 Å². The van der Waals surface area contributed by atoms with Gasteiger partial charge >= 0.3 is 0 Å². The number of sulfone groups is 1. The third-order valence-corrected chi connectivity index (χ3v) is 6.22. The zero-order chi connectivity index (χ0) is 16.9. The minimum absolute atomic E-state index is 0.0545. The molecule has 0 aromatic heterocycles. The average Bonchev–Trinajstić information content (AvgIpc) is 2.81. The topological polar surface area (TPSA) is 66.9 Å². The second kappa shape index (κ2) is 8.44. The number of hydrogen-bond acceptors (Lipinski definition) is 5. The van der Waals surface area contributed by atoms with Crippen molar-refractivity contribution in [2.75, 3.05) is 50.8 Å². The molecule has 1 amide bonds. The second-order valence-corrected chi connectivity index (χ2v) is 9.23. The van der Waals surface area contributed by atoms with Crippen LogP contribution in [0.3, 0.4) is 0 Å². The fourth-order valence-electron chi connectivity index (χ4n) is 3.33. The van der Waals surface area contributed by atoms with Crippen molar-refractivity contribution in [1.29, 1.82) is 0 Å². The Morgan fingerprint density at radius 3 is 2.61 bits per heavy atom. The molecule has 0 aromatic rings. The highest BCUT2D eigenvalue weighted by molar-refractivity contribution is 7.92. The molecule has 2 aliphatic rings. The lowest BCUT2D eigenvalue weighted by Crippen LogP contribution is -2.40. The largest absolute Gasteiger partial charge is 0.377 e. The maximum atomic E-state index is 12.3. The van der Waals surface area contributed by atoms with Crippen molar-refractivity contribution in [3.05, 3.63) is 0 Å². The highest BCUT2D eigenvalue weighted by Gasteiger charge is 2.26. The van der Waals surface area contributed by atoms with E-state index in [0.717, 1.165) is 45.5 Å². The van der Waals surface area contributed by atoms with Crippen LogP contribution >= 0.6 is 0 Å². The predicted octanol–water partition coefficient (Wildman–Crippen LogP) is 0.771. The normalized spacial score (nSPS) is 24.1. The first-order valence-corrected chi connectivity index (χ1v) is 10.5. The first-order chi connectivity index (χ1) is 10.9. The Hall–Kier alpha value is -0.660. The van der Waals surface area contributed by atoms with E-state index in [0.29, 0.717) is 19.2 Å². The molecule has 2 fully saturated rings. The maximum Gasteiger partial charge on any atom is 0.237 e. The van der Waals surface area contributed by atoms with Crippen LogP contribution in [0.2, 0.25) is 0 Å². The Kier molecular flexibility index (Phi) is 6.85. The molecular formula is C16H30N2O4S. The van der Waals surface area contributed by atoms with Gasteiger partial charge in [0.2, 0.25) is 5.91 Å². The van der Waals surface area contributed by atoms with Crippen LogP contribution in [-0.4, -0.2) is 81.1 Å². The van der Waals surface area contributed by atoms with Crippen LogP contribution in [0, 0.1) is 5.92 Å². The van der Waals surface area contributed by atoms with Crippen LogP contribution in [0.4, 0.5) is 0 Å². The summed E-state index contributed by atoms with van der Waals surface area (Å²) in [5.41, 5.74) is 0. The Morgan fingerprint density at radius 1 is 1.17 bits per heavy atom. The van der Waals surface area contributed by atoms with Gasteiger partial charge in [0.1, 0.15) is 5.75 Å². The molecule has 0 aliphatic carbocycles. The molecule has 134 valence electrons. The van der Waals surface area contributed by atoms with Crippen LogP contribution in [0.15, 0.2) is 0 Å². The summed E-state index contributed by atoms with van der Waals surface area (Å²) in [4.78, 5) is 16.4. The summed E-state index contributed by atoms with van der Waals surface area (Å²) in [6, 6.07) is 0. The molecule has 0 bridgehead atoms. The van der Waals surface area contributed by atoms with Gasteiger partial charge in [0.25, 0.3) is 0 Å². The van der Waals surface area contributed by atoms with Crippen molar-refractivity contribution >= 4 is 15.7 Å². The fourth-order valence-corrected chi connectivity index (χ4v) is 5.02. The van der Waals surface area contributed by atoms with E-state index < -0.39 is 9.84 Å². The van der Waals surface area contributed by atoms with Gasteiger partial charge in [0.05, 0.1) is 11.9 Å². The molecule has 23 heavy (non-hydrogen) atoms. The SMILES string of the molecule is CC(C)CS(=O)(=O)CC(=O)N1CCCN(C[C@H]2CCCO2)CC1. The third-order valence-electron chi connectivity index (χ3n) is 4.36. The van der Waals surface area contributed by atoms with Crippen LogP contribution in [0.25, 0.3) is 0 Å². The van der Waals surface area contributed by atoms with Gasteiger partial charge in [-0.15, -0.1) is 0 Å². The minimum atomic E-state index is -3.30. The summed E-state index contributed by atoms with van der Waals surface area (Å²) in [7, 11) is -3.30. The van der Waals surface area contributed by atoms with Gasteiger partial charge in [0, 0.05) is 32.8 Å². The summed E-state index contributed by atoms with van der Waals surface area (Å²) in [6.45, 7) is 8.51. The Labute approximate surface area is 140 Å². The van der Waals surface area contributed by atoms with Gasteiger partial charge in [-0.1, -0.05) is 13.8 Å². The van der Waals surface area contributed by atoms with Gasteiger partial charge < -0.3 is 9.64 Å². The van der Waals surface area contributed by atoms with Crippen molar-refractivity contribution in [3.63, 3.8) is 0 Å². The van der Waals surface area contributed by atoms with E-state index in [9.17, 15) is 13.2 Å². The number of nitrogens with zero attached hydrogens (tertiary/aromatic N) is 2. The molecule has 2 saturated heterocycles. The highest BCUT2D eigenvalue weighted by Crippen LogP contribution is 2.15. The van der Waals surface area contributed by atoms with Crippen molar-refractivity contribution in [2.45, 2.75) is 39.2 Å². The molecule has 0 spiro atoms. The second-order valence-electron chi connectivity index (χ2n) is 7.12. The van der Waals surface area contributed by atoms with Crippen LogP contribution in [0.1, 0.15) is 33.1 Å². The lowest BCUT2D eigenvalue weighted by molar-refractivity contribution is -0.128. The monoisotopic (exact) mass is 346 g/mol. The van der Waals surface area contributed by atoms with E-state index in [-0.39, 0.29) is 23.3 Å². The highest BCUT2D eigenvalue weighted by atomic mass is 32.2. The quantitative estimate of drug-likeness (QED) is 0.711. The van der Waals surface area contributed by atoms with Gasteiger partial charge in [-0.2, -0.15) is 0 Å². The van der Waals surface area contributed by atoms with Crippen molar-refractivity contribution in [1.82, 2.24) is 9.80 Å². The van der Waals surface area contributed by atoms with Gasteiger partial charge in [-0.05, 0) is 31.7 Å².